The number of alkyl halides is 3. The second kappa shape index (κ2) is 7.28. The first-order valence-corrected chi connectivity index (χ1v) is 10.7. The number of fused-ring (bicyclic) bond motifs is 1. The molecule has 3 aromatic rings. The lowest BCUT2D eigenvalue weighted by molar-refractivity contribution is -0.0429. The van der Waals surface area contributed by atoms with Gasteiger partial charge in [0.05, 0.1) is 22.0 Å². The van der Waals surface area contributed by atoms with Crippen LogP contribution in [0.5, 0.6) is 5.88 Å². The minimum Gasteiger partial charge on any atom is -0.480 e. The van der Waals surface area contributed by atoms with Gasteiger partial charge in [0, 0.05) is 16.6 Å². The highest BCUT2D eigenvalue weighted by Gasteiger charge is 2.46. The molecule has 0 amide bonds. The number of nitrogens with zero attached hydrogens (tertiary/aromatic N) is 3. The number of thiophene rings is 1. The molecule has 7 nitrogen and oxygen atoms in total. The molecule has 150 valence electrons. The van der Waals surface area contributed by atoms with E-state index in [1.807, 2.05) is 6.92 Å². The summed E-state index contributed by atoms with van der Waals surface area (Å²) in [5.74, 6) is -0.337. The monoisotopic (exact) mass is 516 g/mol. The van der Waals surface area contributed by atoms with Gasteiger partial charge in [-0.05, 0) is 40.5 Å². The summed E-state index contributed by atoms with van der Waals surface area (Å²) in [4.78, 5) is 13.0. The summed E-state index contributed by atoms with van der Waals surface area (Å²) in [6, 6.07) is 1.14. The van der Waals surface area contributed by atoms with Crippen LogP contribution in [-0.4, -0.2) is 36.0 Å². The van der Waals surface area contributed by atoms with Gasteiger partial charge in [-0.3, -0.25) is 4.72 Å². The van der Waals surface area contributed by atoms with Crippen molar-refractivity contribution in [2.75, 3.05) is 11.8 Å². The average molecular weight is 518 g/mol. The van der Waals surface area contributed by atoms with E-state index in [4.69, 9.17) is 16.3 Å². The summed E-state index contributed by atoms with van der Waals surface area (Å²) in [5, 5.41) is -0.0887. The Morgan fingerprint density at radius 3 is 2.61 bits per heavy atom. The number of nitrogens with one attached hydrogen (secondary N) is 1. The third-order valence-electron chi connectivity index (χ3n) is 3.48. The molecule has 0 fully saturated rings. The van der Waals surface area contributed by atoms with Crippen molar-refractivity contribution in [2.45, 2.75) is 12.4 Å². The number of aromatic nitrogens is 3. The van der Waals surface area contributed by atoms with Gasteiger partial charge in [0.1, 0.15) is 11.2 Å². The Hall–Kier alpha value is -1.70. The van der Waals surface area contributed by atoms with Crippen LogP contribution in [0.3, 0.4) is 0 Å². The lowest BCUT2D eigenvalue weighted by Crippen LogP contribution is -2.30. The maximum absolute atomic E-state index is 12.7. The maximum atomic E-state index is 12.7. The minimum atomic E-state index is -5.67. The second-order valence-corrected chi connectivity index (χ2v) is 9.35. The van der Waals surface area contributed by atoms with Gasteiger partial charge in [-0.2, -0.15) is 21.6 Å². The van der Waals surface area contributed by atoms with Crippen LogP contribution in [0.25, 0.3) is 21.5 Å². The summed E-state index contributed by atoms with van der Waals surface area (Å²) < 4.78 is 68.8. The van der Waals surface area contributed by atoms with Crippen LogP contribution in [-0.2, 0) is 10.0 Å². The van der Waals surface area contributed by atoms with Crippen molar-refractivity contribution in [3.8, 4) is 17.1 Å². The molecule has 0 saturated heterocycles. The smallest absolute Gasteiger partial charge is 0.480 e. The molecular formula is C14H9BrClF3N4O3S2. The molecule has 0 atom stereocenters. The van der Waals surface area contributed by atoms with E-state index in [2.05, 4.69) is 30.9 Å². The number of methoxy groups -OCH3 is 1. The van der Waals surface area contributed by atoms with Gasteiger partial charge in [-0.25, -0.2) is 15.0 Å². The molecule has 0 bridgehead atoms. The Morgan fingerprint density at radius 2 is 2.00 bits per heavy atom. The average Bonchev–Trinajstić information content (AvgIpc) is 2.88. The van der Waals surface area contributed by atoms with Gasteiger partial charge >= 0.3 is 15.5 Å². The van der Waals surface area contributed by atoms with Crippen LogP contribution in [0.2, 0.25) is 5.28 Å². The van der Waals surface area contributed by atoms with E-state index in [-0.39, 0.29) is 22.4 Å². The lowest BCUT2D eigenvalue weighted by Gasteiger charge is -2.14. The molecule has 0 aliphatic heterocycles. The number of sulfonamides is 1. The normalized spacial score (nSPS) is 12.4. The zero-order chi connectivity index (χ0) is 20.9. The second-order valence-electron chi connectivity index (χ2n) is 5.32. The highest BCUT2D eigenvalue weighted by molar-refractivity contribution is 9.10. The van der Waals surface area contributed by atoms with Crippen molar-refractivity contribution in [3.63, 3.8) is 0 Å². The standard InChI is InChI=1S/C14H9BrClF3N4O3S2/c1-5-8(15)10-11(27-5)9(21-13(16)22-10)6-3-7(12(26-2)20-4-6)23-28(24,25)14(17,18)19/h3-4,23H,1-2H3. The van der Waals surface area contributed by atoms with Gasteiger partial charge < -0.3 is 4.74 Å². The molecule has 0 saturated carbocycles. The SMILES string of the molecule is COc1ncc(-c2nc(Cl)nc3c(Br)c(C)sc23)cc1NS(=O)(=O)C(F)(F)F. The molecule has 0 spiro atoms. The molecule has 0 aromatic carbocycles. The van der Waals surface area contributed by atoms with Crippen LogP contribution in [0.4, 0.5) is 18.9 Å². The highest BCUT2D eigenvalue weighted by atomic mass is 79.9. The first-order chi connectivity index (χ1) is 12.9. The number of pyridine rings is 1. The van der Waals surface area contributed by atoms with Gasteiger partial charge in [0.2, 0.25) is 11.2 Å². The Labute approximate surface area is 174 Å². The molecule has 0 radical (unpaired) electrons. The van der Waals surface area contributed by atoms with Crippen molar-refractivity contribution in [1.82, 2.24) is 15.0 Å². The molecular weight excluding hydrogens is 509 g/mol. The number of halogens is 5. The zero-order valence-electron chi connectivity index (χ0n) is 13.9. The summed E-state index contributed by atoms with van der Waals surface area (Å²) in [7, 11) is -4.52. The molecule has 14 heteroatoms. The quantitative estimate of drug-likeness (QED) is 0.502. The van der Waals surface area contributed by atoms with Crippen LogP contribution in [0, 0.1) is 6.92 Å². The van der Waals surface area contributed by atoms with Crippen LogP contribution in [0.1, 0.15) is 4.88 Å². The summed E-state index contributed by atoms with van der Waals surface area (Å²) >= 11 is 10.7. The van der Waals surface area contributed by atoms with Gasteiger partial charge in [-0.15, -0.1) is 11.3 Å². The number of hydrogen-bond acceptors (Lipinski definition) is 7. The molecule has 0 unspecified atom stereocenters. The van der Waals surface area contributed by atoms with Crippen molar-refractivity contribution in [2.24, 2.45) is 0 Å². The minimum absolute atomic E-state index is 0.0887. The number of ether oxygens (including phenoxy) is 1. The van der Waals surface area contributed by atoms with E-state index >= 15 is 0 Å². The van der Waals surface area contributed by atoms with Crippen molar-refractivity contribution in [3.05, 3.63) is 26.9 Å². The van der Waals surface area contributed by atoms with Gasteiger partial charge in [0.25, 0.3) is 0 Å². The molecule has 0 aliphatic carbocycles. The Bertz CT molecular complexity index is 1180. The molecule has 3 aromatic heterocycles. The highest BCUT2D eigenvalue weighted by Crippen LogP contribution is 2.40. The summed E-state index contributed by atoms with van der Waals surface area (Å²) in [6.45, 7) is 1.84. The summed E-state index contributed by atoms with van der Waals surface area (Å²) in [5.41, 5.74) is -4.96. The third kappa shape index (κ3) is 3.75. The van der Waals surface area contributed by atoms with Crippen molar-refractivity contribution >= 4 is 64.8 Å². The van der Waals surface area contributed by atoms with Crippen LogP contribution < -0.4 is 9.46 Å². The molecule has 3 heterocycles. The van der Waals surface area contributed by atoms with Crippen LogP contribution in [0.15, 0.2) is 16.7 Å². The van der Waals surface area contributed by atoms with Crippen molar-refractivity contribution in [1.29, 1.82) is 0 Å². The third-order valence-corrected chi connectivity index (χ3v) is 7.08. The summed E-state index contributed by atoms with van der Waals surface area (Å²) in [6.07, 6.45) is 1.28. The fourth-order valence-corrected chi connectivity index (χ4v) is 4.63. The van der Waals surface area contributed by atoms with E-state index in [1.165, 1.54) is 22.3 Å². The number of anilines is 1. The molecule has 0 aliphatic rings. The number of rotatable bonds is 4. The Kier molecular flexibility index (Phi) is 5.47. The number of hydrogen-bond donors (Lipinski definition) is 1. The van der Waals surface area contributed by atoms with Gasteiger partial charge in [-0.1, -0.05) is 0 Å². The molecule has 1 N–H and O–H groups in total. The van der Waals surface area contributed by atoms with E-state index in [9.17, 15) is 21.6 Å². The lowest BCUT2D eigenvalue weighted by atomic mass is 10.2. The van der Waals surface area contributed by atoms with Crippen molar-refractivity contribution < 1.29 is 26.3 Å². The first-order valence-electron chi connectivity index (χ1n) is 7.20. The van der Waals surface area contributed by atoms with E-state index in [0.717, 1.165) is 18.1 Å². The van der Waals surface area contributed by atoms with E-state index < -0.39 is 21.2 Å². The maximum Gasteiger partial charge on any atom is 0.516 e. The predicted molar refractivity (Wildman–Crippen MR) is 103 cm³/mol. The van der Waals surface area contributed by atoms with E-state index in [0.29, 0.717) is 14.7 Å². The Balaban J connectivity index is 2.20. The van der Waals surface area contributed by atoms with Crippen LogP contribution >= 0.6 is 38.9 Å². The zero-order valence-corrected chi connectivity index (χ0v) is 17.9. The first kappa shape index (κ1) is 21.0. The topological polar surface area (TPSA) is 94.1 Å². The number of aryl methyl sites for hydroxylation is 1. The predicted octanol–water partition coefficient (Wildman–Crippen LogP) is 4.75. The van der Waals surface area contributed by atoms with E-state index in [1.54, 1.807) is 0 Å². The fraction of sp³-hybridized carbons (Fsp3) is 0.214. The van der Waals surface area contributed by atoms with Gasteiger partial charge in [0.15, 0.2) is 0 Å². The molecule has 28 heavy (non-hydrogen) atoms. The Morgan fingerprint density at radius 1 is 1.32 bits per heavy atom. The largest absolute Gasteiger partial charge is 0.516 e. The fourth-order valence-electron chi connectivity index (χ4n) is 2.25. The molecule has 3 rings (SSSR count).